The summed E-state index contributed by atoms with van der Waals surface area (Å²) >= 11 is 0. The quantitative estimate of drug-likeness (QED) is 0.583. The normalized spacial score (nSPS) is 36.3. The highest BCUT2D eigenvalue weighted by molar-refractivity contribution is 5.92. The second kappa shape index (κ2) is 5.37. The molecule has 2 saturated carbocycles. The third kappa shape index (κ3) is 2.29. The number of rotatable bonds is 5. The second-order valence-electron chi connectivity index (χ2n) is 6.47. The van der Waals surface area contributed by atoms with Crippen molar-refractivity contribution in [2.45, 2.75) is 37.9 Å². The lowest BCUT2D eigenvalue weighted by Gasteiger charge is -2.31. The van der Waals surface area contributed by atoms with Gasteiger partial charge in [0.25, 0.3) is 0 Å². The van der Waals surface area contributed by atoms with Crippen molar-refractivity contribution in [2.75, 3.05) is 6.54 Å². The molecule has 1 heterocycles. The number of ether oxygens (including phenoxy) is 2. The molecule has 1 saturated heterocycles. The first kappa shape index (κ1) is 15.5. The summed E-state index contributed by atoms with van der Waals surface area (Å²) in [7, 11) is 0. The van der Waals surface area contributed by atoms with Crippen molar-refractivity contribution in [1.29, 1.82) is 5.26 Å². The molecule has 1 aliphatic heterocycles. The maximum absolute atomic E-state index is 12.0. The number of hydrogen-bond donors (Lipinski definition) is 1. The van der Waals surface area contributed by atoms with Gasteiger partial charge in [0.05, 0.1) is 12.3 Å². The minimum Gasteiger partial charge on any atom is -0.457 e. The van der Waals surface area contributed by atoms with E-state index in [1.807, 2.05) is 0 Å². The lowest BCUT2D eigenvalue weighted by atomic mass is 9.79. The fourth-order valence-corrected chi connectivity index (χ4v) is 3.98. The first-order valence-corrected chi connectivity index (χ1v) is 7.66. The summed E-state index contributed by atoms with van der Waals surface area (Å²) in [6.07, 6.45) is 0.571. The molecule has 5 unspecified atom stereocenters. The van der Waals surface area contributed by atoms with Gasteiger partial charge in [0.15, 0.2) is 6.10 Å². The van der Waals surface area contributed by atoms with Crippen molar-refractivity contribution >= 4 is 17.8 Å². The zero-order valence-corrected chi connectivity index (χ0v) is 12.8. The first-order chi connectivity index (χ1) is 10.9. The number of nitriles is 1. The summed E-state index contributed by atoms with van der Waals surface area (Å²) in [4.78, 5) is 35.2. The Labute approximate surface area is 133 Å². The van der Waals surface area contributed by atoms with E-state index >= 15 is 0 Å². The zero-order chi connectivity index (χ0) is 16.8. The molecule has 7 heteroatoms. The van der Waals surface area contributed by atoms with E-state index in [0.717, 1.165) is 0 Å². The van der Waals surface area contributed by atoms with Crippen LogP contribution in [0, 0.1) is 29.1 Å². The second-order valence-corrected chi connectivity index (χ2v) is 6.47. The average molecular weight is 318 g/mol. The van der Waals surface area contributed by atoms with Crippen LogP contribution in [0.25, 0.3) is 0 Å². The van der Waals surface area contributed by atoms with Crippen molar-refractivity contribution in [3.05, 3.63) is 12.2 Å². The van der Waals surface area contributed by atoms with E-state index in [1.54, 1.807) is 6.92 Å². The maximum Gasteiger partial charge on any atom is 0.311 e. The lowest BCUT2D eigenvalue weighted by molar-refractivity contribution is -0.169. The summed E-state index contributed by atoms with van der Waals surface area (Å²) in [6, 6.07) is 2.07. The fraction of sp³-hybridized carbons (Fsp3) is 0.625. The van der Waals surface area contributed by atoms with Crippen molar-refractivity contribution in [3.63, 3.8) is 0 Å². The van der Waals surface area contributed by atoms with Gasteiger partial charge < -0.3 is 14.8 Å². The van der Waals surface area contributed by atoms with Gasteiger partial charge in [-0.3, -0.25) is 14.4 Å². The Bertz CT molecular complexity index is 637. The van der Waals surface area contributed by atoms with Gasteiger partial charge in [0, 0.05) is 24.0 Å². The molecule has 3 aliphatic rings. The molecule has 0 aromatic rings. The summed E-state index contributed by atoms with van der Waals surface area (Å²) in [5.41, 5.74) is -0.958. The van der Waals surface area contributed by atoms with E-state index in [0.29, 0.717) is 18.4 Å². The lowest BCUT2D eigenvalue weighted by Crippen LogP contribution is -2.47. The number of nitrogens with one attached hydrogen (secondary N) is 1. The van der Waals surface area contributed by atoms with Crippen molar-refractivity contribution in [2.24, 2.45) is 17.8 Å². The van der Waals surface area contributed by atoms with Crippen LogP contribution in [0.2, 0.25) is 0 Å². The van der Waals surface area contributed by atoms with Gasteiger partial charge in [-0.15, -0.1) is 0 Å². The number of esters is 2. The van der Waals surface area contributed by atoms with Gasteiger partial charge in [0.1, 0.15) is 6.07 Å². The van der Waals surface area contributed by atoms with Crippen LogP contribution >= 0.6 is 0 Å². The number of carbonyl (C=O) groups excluding carboxylic acids is 3. The molecular formula is C16H18N2O5. The average Bonchev–Trinajstić information content (AvgIpc) is 3.10. The summed E-state index contributed by atoms with van der Waals surface area (Å²) in [5.74, 6) is -1.61. The molecule has 2 bridgehead atoms. The van der Waals surface area contributed by atoms with Gasteiger partial charge in [-0.2, -0.15) is 5.26 Å². The van der Waals surface area contributed by atoms with Crippen LogP contribution in [0.5, 0.6) is 0 Å². The predicted molar refractivity (Wildman–Crippen MR) is 76.5 cm³/mol. The van der Waals surface area contributed by atoms with E-state index in [2.05, 4.69) is 18.0 Å². The molecule has 1 amide bonds. The molecule has 0 aromatic heterocycles. The van der Waals surface area contributed by atoms with E-state index < -0.39 is 17.7 Å². The number of hydrogen-bond acceptors (Lipinski definition) is 6. The standard InChI is InChI=1S/C16H18N2O5/c1-8(2)14(20)18-4-3-12(19)22-13-9-5-10-11(6-9)16(13,7-17)23-15(10)21/h9-11,13H,1,3-6H2,2H3,(H,18,20). The third-order valence-corrected chi connectivity index (χ3v) is 5.01. The molecule has 122 valence electrons. The Morgan fingerprint density at radius 3 is 2.91 bits per heavy atom. The molecule has 0 aromatic carbocycles. The van der Waals surface area contributed by atoms with Crippen molar-refractivity contribution < 1.29 is 23.9 Å². The van der Waals surface area contributed by atoms with Crippen LogP contribution in [0.4, 0.5) is 0 Å². The Balaban J connectivity index is 1.59. The van der Waals surface area contributed by atoms with Gasteiger partial charge in [0.2, 0.25) is 11.5 Å². The monoisotopic (exact) mass is 318 g/mol. The first-order valence-electron chi connectivity index (χ1n) is 7.66. The van der Waals surface area contributed by atoms with Gasteiger partial charge in [-0.25, -0.2) is 0 Å². The van der Waals surface area contributed by atoms with Crippen LogP contribution in [0.1, 0.15) is 26.2 Å². The number of amides is 1. The van der Waals surface area contributed by atoms with Crippen LogP contribution in [-0.2, 0) is 23.9 Å². The predicted octanol–water partition coefficient (Wildman–Crippen LogP) is 0.456. The molecule has 3 rings (SSSR count). The SMILES string of the molecule is C=C(C)C(=O)NCCC(=O)OC1C2CC3C(=O)OC1(C#N)C3C2. The number of carbonyl (C=O) groups is 3. The Morgan fingerprint density at radius 2 is 2.26 bits per heavy atom. The van der Waals surface area contributed by atoms with Crippen molar-refractivity contribution in [1.82, 2.24) is 5.32 Å². The molecule has 0 radical (unpaired) electrons. The molecule has 7 nitrogen and oxygen atoms in total. The summed E-state index contributed by atoms with van der Waals surface area (Å²) in [5, 5.41) is 12.0. The van der Waals surface area contributed by atoms with Gasteiger partial charge in [-0.1, -0.05) is 6.58 Å². The van der Waals surface area contributed by atoms with Crippen LogP contribution < -0.4 is 5.32 Å². The highest BCUT2D eigenvalue weighted by atomic mass is 16.6. The largest absolute Gasteiger partial charge is 0.457 e. The minimum absolute atomic E-state index is 0.00814. The van der Waals surface area contributed by atoms with Crippen LogP contribution in [-0.4, -0.2) is 36.1 Å². The smallest absolute Gasteiger partial charge is 0.311 e. The zero-order valence-electron chi connectivity index (χ0n) is 12.8. The maximum atomic E-state index is 12.0. The Morgan fingerprint density at radius 1 is 1.52 bits per heavy atom. The van der Waals surface area contributed by atoms with Gasteiger partial charge >= 0.3 is 11.9 Å². The van der Waals surface area contributed by atoms with Crippen LogP contribution in [0.3, 0.4) is 0 Å². The topological polar surface area (TPSA) is 105 Å². The molecule has 1 N–H and O–H groups in total. The van der Waals surface area contributed by atoms with E-state index in [9.17, 15) is 19.6 Å². The highest BCUT2D eigenvalue weighted by Crippen LogP contribution is 2.61. The fourth-order valence-electron chi connectivity index (χ4n) is 3.98. The molecule has 0 spiro atoms. The molecular weight excluding hydrogens is 300 g/mol. The van der Waals surface area contributed by atoms with E-state index in [4.69, 9.17) is 9.47 Å². The minimum atomic E-state index is -1.32. The Hall–Kier alpha value is -2.36. The third-order valence-electron chi connectivity index (χ3n) is 5.01. The van der Waals surface area contributed by atoms with Gasteiger partial charge in [-0.05, 0) is 19.8 Å². The number of fused-ring (bicyclic) bond motifs is 1. The highest BCUT2D eigenvalue weighted by Gasteiger charge is 2.73. The van der Waals surface area contributed by atoms with E-state index in [1.165, 1.54) is 0 Å². The summed E-state index contributed by atoms with van der Waals surface area (Å²) < 4.78 is 10.8. The van der Waals surface area contributed by atoms with E-state index in [-0.39, 0.29) is 42.6 Å². The molecule has 23 heavy (non-hydrogen) atoms. The molecule has 3 fully saturated rings. The Kier molecular flexibility index (Phi) is 3.63. The summed E-state index contributed by atoms with van der Waals surface area (Å²) in [6.45, 7) is 5.21. The molecule has 5 atom stereocenters. The molecule has 2 aliphatic carbocycles. The van der Waals surface area contributed by atoms with Crippen LogP contribution in [0.15, 0.2) is 12.2 Å². The van der Waals surface area contributed by atoms with Crippen molar-refractivity contribution in [3.8, 4) is 6.07 Å². The number of nitrogens with zero attached hydrogens (tertiary/aromatic N) is 1.